The highest BCUT2D eigenvalue weighted by atomic mass is 16.4. The Kier molecular flexibility index (Phi) is 16.6. The van der Waals surface area contributed by atoms with Gasteiger partial charge in [-0.15, -0.1) is 0 Å². The molecule has 3 unspecified atom stereocenters. The number of quaternary nitrogens is 1. The van der Waals surface area contributed by atoms with Gasteiger partial charge in [-0.3, -0.25) is 4.48 Å². The molecule has 7 nitrogen and oxygen atoms in total. The molecule has 0 spiro atoms. The highest BCUT2D eigenvalue weighted by Crippen LogP contribution is 2.27. The van der Waals surface area contributed by atoms with Crippen molar-refractivity contribution < 1.29 is 34.2 Å². The summed E-state index contributed by atoms with van der Waals surface area (Å²) in [6.45, 7) is 6.63. The number of carbonyl (C=O) groups is 3. The van der Waals surface area contributed by atoms with E-state index in [0.717, 1.165) is 12.8 Å². The number of rotatable bonds is 21. The number of carboxylic acids is 3. The zero-order valence-electron chi connectivity index (χ0n) is 21.3. The van der Waals surface area contributed by atoms with Crippen molar-refractivity contribution in [2.24, 2.45) is 0 Å². The largest absolute Gasteiger partial charge is 0.477 e. The van der Waals surface area contributed by atoms with Gasteiger partial charge in [-0.05, 0) is 40.0 Å². The molecule has 0 aromatic carbocycles. The van der Waals surface area contributed by atoms with Crippen LogP contribution in [0.4, 0.5) is 0 Å². The average Bonchev–Trinajstić information content (AvgIpc) is 2.77. The smallest absolute Gasteiger partial charge is 0.362 e. The molecule has 192 valence electrons. The quantitative estimate of drug-likeness (QED) is 0.110. The van der Waals surface area contributed by atoms with Gasteiger partial charge in [0.1, 0.15) is 0 Å². The molecular formula is C26H48NO6+. The number of allylic oxidation sites excluding steroid dienone is 2. The van der Waals surface area contributed by atoms with Gasteiger partial charge in [0, 0.05) is 6.42 Å². The van der Waals surface area contributed by atoms with Crippen molar-refractivity contribution in [1.82, 2.24) is 0 Å². The van der Waals surface area contributed by atoms with Crippen molar-refractivity contribution >= 4 is 17.9 Å². The van der Waals surface area contributed by atoms with E-state index in [1.807, 2.05) is 6.08 Å². The minimum Gasteiger partial charge on any atom is -0.477 e. The fourth-order valence-corrected chi connectivity index (χ4v) is 4.67. The van der Waals surface area contributed by atoms with Crippen LogP contribution in [0.2, 0.25) is 0 Å². The third-order valence-corrected chi connectivity index (χ3v) is 7.04. The second-order valence-corrected chi connectivity index (χ2v) is 9.35. The lowest BCUT2D eigenvalue weighted by Crippen LogP contribution is -2.70. The first-order valence-corrected chi connectivity index (χ1v) is 12.8. The third kappa shape index (κ3) is 11.2. The summed E-state index contributed by atoms with van der Waals surface area (Å²) in [5, 5.41) is 28.8. The van der Waals surface area contributed by atoms with E-state index in [4.69, 9.17) is 0 Å². The summed E-state index contributed by atoms with van der Waals surface area (Å²) in [5.74, 6) is -3.56. The zero-order chi connectivity index (χ0) is 25.3. The van der Waals surface area contributed by atoms with Gasteiger partial charge in [-0.1, -0.05) is 76.9 Å². The first-order valence-electron chi connectivity index (χ1n) is 12.8. The van der Waals surface area contributed by atoms with E-state index < -0.39 is 40.5 Å². The van der Waals surface area contributed by atoms with Crippen molar-refractivity contribution in [3.8, 4) is 0 Å². The lowest BCUT2D eigenvalue weighted by molar-refractivity contribution is -0.968. The fourth-order valence-electron chi connectivity index (χ4n) is 4.67. The first kappa shape index (κ1) is 31.1. The predicted molar refractivity (Wildman–Crippen MR) is 131 cm³/mol. The maximum Gasteiger partial charge on any atom is 0.362 e. The van der Waals surface area contributed by atoms with Crippen molar-refractivity contribution in [1.29, 1.82) is 0 Å². The standard InChI is InChI=1S/C26H47NO6/c1-5-6-7-8-9-10-11-12-13-14-15-16-17-18-19-20-27(21(2)24(28)29,22(3)25(30)31)23(4)26(32)33/h16-17,21-23H,5-15,18-20H2,1-4H3,(H2-,28,29,30,31,32,33)/p+1/b17-16+. The Labute approximate surface area is 200 Å². The van der Waals surface area contributed by atoms with Crippen LogP contribution in [-0.4, -0.2) is 62.4 Å². The van der Waals surface area contributed by atoms with Crippen LogP contribution in [-0.2, 0) is 14.4 Å². The molecule has 33 heavy (non-hydrogen) atoms. The summed E-state index contributed by atoms with van der Waals surface area (Å²) < 4.78 is -0.508. The Hall–Kier alpha value is -1.89. The van der Waals surface area contributed by atoms with E-state index in [1.54, 1.807) is 0 Å². The summed E-state index contributed by atoms with van der Waals surface area (Å²) in [4.78, 5) is 35.2. The topological polar surface area (TPSA) is 112 Å². The lowest BCUT2D eigenvalue weighted by atomic mass is 10.0. The van der Waals surface area contributed by atoms with Crippen LogP contribution in [0.15, 0.2) is 12.2 Å². The highest BCUT2D eigenvalue weighted by Gasteiger charge is 2.52. The first-order chi connectivity index (χ1) is 15.6. The lowest BCUT2D eigenvalue weighted by Gasteiger charge is -2.47. The molecule has 0 aliphatic rings. The van der Waals surface area contributed by atoms with E-state index in [-0.39, 0.29) is 6.54 Å². The van der Waals surface area contributed by atoms with Crippen LogP contribution in [0, 0.1) is 0 Å². The Bertz CT molecular complexity index is 553. The van der Waals surface area contributed by atoms with E-state index in [2.05, 4.69) is 13.0 Å². The molecule has 0 bridgehead atoms. The monoisotopic (exact) mass is 470 g/mol. The Morgan fingerprint density at radius 2 is 0.939 bits per heavy atom. The number of hydrogen-bond donors (Lipinski definition) is 3. The molecule has 0 saturated carbocycles. The SMILES string of the molecule is CCCCCCCCCCCC/C=C/CCC[N+](C(C)C(=O)O)(C(C)C(=O)O)C(C)C(=O)O. The maximum absolute atomic E-state index is 11.7. The van der Waals surface area contributed by atoms with E-state index in [0.29, 0.717) is 12.8 Å². The van der Waals surface area contributed by atoms with E-state index >= 15 is 0 Å². The second kappa shape index (κ2) is 17.6. The summed E-state index contributed by atoms with van der Waals surface area (Å²) in [6.07, 6.45) is 19.4. The molecule has 0 aliphatic heterocycles. The molecule has 0 aliphatic carbocycles. The number of aliphatic carboxylic acids is 3. The van der Waals surface area contributed by atoms with Gasteiger partial charge in [0.15, 0.2) is 18.1 Å². The van der Waals surface area contributed by atoms with Crippen molar-refractivity contribution in [2.45, 2.75) is 129 Å². The molecule has 0 heterocycles. The summed E-state index contributed by atoms with van der Waals surface area (Å²) in [6, 6.07) is -3.42. The Morgan fingerprint density at radius 1 is 0.606 bits per heavy atom. The predicted octanol–water partition coefficient (Wildman–Crippen LogP) is 5.87. The Balaban J connectivity index is 4.51. The van der Waals surface area contributed by atoms with Crippen LogP contribution in [0.1, 0.15) is 111 Å². The highest BCUT2D eigenvalue weighted by molar-refractivity contribution is 5.77. The number of hydrogen-bond acceptors (Lipinski definition) is 3. The molecule has 0 aromatic rings. The Morgan fingerprint density at radius 3 is 1.30 bits per heavy atom. The summed E-state index contributed by atoms with van der Waals surface area (Å²) >= 11 is 0. The molecule has 0 rings (SSSR count). The number of unbranched alkanes of at least 4 members (excludes halogenated alkanes) is 11. The summed E-state index contributed by atoms with van der Waals surface area (Å²) in [7, 11) is 0. The van der Waals surface area contributed by atoms with Gasteiger partial charge in [-0.25, -0.2) is 14.4 Å². The fraction of sp³-hybridized carbons (Fsp3) is 0.808. The third-order valence-electron chi connectivity index (χ3n) is 7.04. The number of carboxylic acid groups (broad SMARTS) is 3. The number of nitrogens with zero attached hydrogens (tertiary/aromatic N) is 1. The van der Waals surface area contributed by atoms with Gasteiger partial charge in [0.2, 0.25) is 0 Å². The molecule has 7 heteroatoms. The minimum atomic E-state index is -1.19. The van der Waals surface area contributed by atoms with Crippen LogP contribution in [0.5, 0.6) is 0 Å². The molecule has 0 radical (unpaired) electrons. The average molecular weight is 471 g/mol. The van der Waals surface area contributed by atoms with Crippen LogP contribution in [0.25, 0.3) is 0 Å². The summed E-state index contributed by atoms with van der Waals surface area (Å²) in [5.41, 5.74) is 0. The maximum atomic E-state index is 11.7. The van der Waals surface area contributed by atoms with Gasteiger partial charge in [-0.2, -0.15) is 0 Å². The van der Waals surface area contributed by atoms with Crippen molar-refractivity contribution in [2.75, 3.05) is 6.54 Å². The van der Waals surface area contributed by atoms with Crippen LogP contribution in [0.3, 0.4) is 0 Å². The van der Waals surface area contributed by atoms with E-state index in [9.17, 15) is 29.7 Å². The normalized spacial score (nSPS) is 16.2. The van der Waals surface area contributed by atoms with Crippen LogP contribution >= 0.6 is 0 Å². The zero-order valence-corrected chi connectivity index (χ0v) is 21.3. The van der Waals surface area contributed by atoms with Gasteiger partial charge >= 0.3 is 17.9 Å². The molecule has 0 fully saturated rings. The van der Waals surface area contributed by atoms with Crippen molar-refractivity contribution in [3.05, 3.63) is 12.2 Å². The van der Waals surface area contributed by atoms with Gasteiger partial charge in [0.05, 0.1) is 6.54 Å². The van der Waals surface area contributed by atoms with Crippen LogP contribution < -0.4 is 0 Å². The molecule has 3 N–H and O–H groups in total. The van der Waals surface area contributed by atoms with Gasteiger partial charge < -0.3 is 15.3 Å². The van der Waals surface area contributed by atoms with Crippen molar-refractivity contribution in [3.63, 3.8) is 0 Å². The molecule has 3 atom stereocenters. The molecular weight excluding hydrogens is 422 g/mol. The molecule has 0 amide bonds. The molecule has 0 saturated heterocycles. The van der Waals surface area contributed by atoms with Gasteiger partial charge in [0.25, 0.3) is 0 Å². The second-order valence-electron chi connectivity index (χ2n) is 9.35. The minimum absolute atomic E-state index is 0.178. The van der Waals surface area contributed by atoms with E-state index in [1.165, 1.54) is 78.6 Å². The molecule has 0 aromatic heterocycles.